The van der Waals surface area contributed by atoms with Crippen LogP contribution in [0.2, 0.25) is 0 Å². The van der Waals surface area contributed by atoms with Crippen molar-refractivity contribution >= 4 is 15.9 Å². The molecule has 0 spiro atoms. The third kappa shape index (κ3) is 1.77. The Balaban J connectivity index is 2.89. The van der Waals surface area contributed by atoms with Crippen molar-refractivity contribution in [2.45, 2.75) is 18.7 Å². The number of halogens is 1. The molecule has 0 aliphatic carbocycles. The molecule has 0 amide bonds. The Morgan fingerprint density at radius 2 is 2.10 bits per heavy atom. The number of nitrogens with zero attached hydrogens (tertiary/aromatic N) is 2. The zero-order valence-corrected chi connectivity index (χ0v) is 7.59. The zero-order chi connectivity index (χ0) is 7.56. The lowest BCUT2D eigenvalue weighted by atomic mass is 10.3. The lowest BCUT2D eigenvalue weighted by Gasteiger charge is -1.99. The van der Waals surface area contributed by atoms with E-state index in [4.69, 9.17) is 0 Å². The van der Waals surface area contributed by atoms with Gasteiger partial charge in [0.15, 0.2) is 0 Å². The van der Waals surface area contributed by atoms with Crippen molar-refractivity contribution in [1.29, 1.82) is 0 Å². The second kappa shape index (κ2) is 3.10. The van der Waals surface area contributed by atoms with Gasteiger partial charge in [0, 0.05) is 0 Å². The summed E-state index contributed by atoms with van der Waals surface area (Å²) in [5.74, 6) is 0. The largest absolute Gasteiger partial charge is 0.156 e. The summed E-state index contributed by atoms with van der Waals surface area (Å²) in [6, 6.07) is 3.93. The number of aromatic nitrogens is 2. The molecule has 0 saturated heterocycles. The average Bonchev–Trinajstić information content (AvgIpc) is 1.88. The standard InChI is InChI=1S/C7H9BrN2/c1-5-3-4-7(6(2)8)10-9-5/h3-4,6H,1-2H3. The van der Waals surface area contributed by atoms with E-state index in [1.165, 1.54) is 0 Å². The van der Waals surface area contributed by atoms with Crippen LogP contribution in [0.15, 0.2) is 12.1 Å². The first-order valence-corrected chi connectivity index (χ1v) is 4.06. The maximum Gasteiger partial charge on any atom is 0.0764 e. The van der Waals surface area contributed by atoms with E-state index < -0.39 is 0 Å². The maximum absolute atomic E-state index is 3.98. The van der Waals surface area contributed by atoms with Gasteiger partial charge in [-0.1, -0.05) is 15.9 Å². The van der Waals surface area contributed by atoms with E-state index >= 15 is 0 Å². The molecule has 1 aromatic heterocycles. The van der Waals surface area contributed by atoms with E-state index in [0.29, 0.717) is 4.83 Å². The lowest BCUT2D eigenvalue weighted by molar-refractivity contribution is 0.889. The first kappa shape index (κ1) is 7.66. The van der Waals surface area contributed by atoms with E-state index in [-0.39, 0.29) is 0 Å². The number of rotatable bonds is 1. The highest BCUT2D eigenvalue weighted by Crippen LogP contribution is 2.17. The van der Waals surface area contributed by atoms with Crippen LogP contribution in [-0.4, -0.2) is 10.2 Å². The van der Waals surface area contributed by atoms with Crippen molar-refractivity contribution in [3.8, 4) is 0 Å². The monoisotopic (exact) mass is 200 g/mol. The third-order valence-electron chi connectivity index (χ3n) is 1.23. The van der Waals surface area contributed by atoms with E-state index in [0.717, 1.165) is 11.4 Å². The van der Waals surface area contributed by atoms with Gasteiger partial charge in [0.1, 0.15) is 0 Å². The summed E-state index contributed by atoms with van der Waals surface area (Å²) in [7, 11) is 0. The highest BCUT2D eigenvalue weighted by atomic mass is 79.9. The SMILES string of the molecule is Cc1ccc(C(C)Br)nn1. The minimum Gasteiger partial charge on any atom is -0.156 e. The van der Waals surface area contributed by atoms with Gasteiger partial charge in [-0.2, -0.15) is 10.2 Å². The van der Waals surface area contributed by atoms with Crippen LogP contribution in [0.25, 0.3) is 0 Å². The van der Waals surface area contributed by atoms with Crippen LogP contribution in [-0.2, 0) is 0 Å². The van der Waals surface area contributed by atoms with Crippen LogP contribution in [0, 0.1) is 6.92 Å². The Morgan fingerprint density at radius 1 is 1.40 bits per heavy atom. The van der Waals surface area contributed by atoms with Gasteiger partial charge in [0.05, 0.1) is 16.2 Å². The van der Waals surface area contributed by atoms with Gasteiger partial charge in [0.25, 0.3) is 0 Å². The molecule has 0 radical (unpaired) electrons. The van der Waals surface area contributed by atoms with Gasteiger partial charge in [-0.05, 0) is 26.0 Å². The van der Waals surface area contributed by atoms with Crippen LogP contribution < -0.4 is 0 Å². The Morgan fingerprint density at radius 3 is 2.50 bits per heavy atom. The van der Waals surface area contributed by atoms with Crippen LogP contribution in [0.3, 0.4) is 0 Å². The number of aryl methyl sites for hydroxylation is 1. The number of alkyl halides is 1. The Bertz CT molecular complexity index is 205. The van der Waals surface area contributed by atoms with Crippen molar-refractivity contribution in [1.82, 2.24) is 10.2 Å². The van der Waals surface area contributed by atoms with E-state index in [1.54, 1.807) is 0 Å². The first-order valence-electron chi connectivity index (χ1n) is 3.14. The molecule has 0 aliphatic rings. The van der Waals surface area contributed by atoms with E-state index in [2.05, 4.69) is 26.1 Å². The summed E-state index contributed by atoms with van der Waals surface area (Å²) in [6.07, 6.45) is 0. The summed E-state index contributed by atoms with van der Waals surface area (Å²) in [6.45, 7) is 3.95. The fraction of sp³-hybridized carbons (Fsp3) is 0.429. The quantitative estimate of drug-likeness (QED) is 0.651. The second-order valence-electron chi connectivity index (χ2n) is 2.22. The van der Waals surface area contributed by atoms with E-state index in [9.17, 15) is 0 Å². The predicted octanol–water partition coefficient (Wildman–Crippen LogP) is 2.24. The molecule has 1 atom stereocenters. The maximum atomic E-state index is 3.98. The molecule has 0 aromatic carbocycles. The molecule has 2 nitrogen and oxygen atoms in total. The number of hydrogen-bond acceptors (Lipinski definition) is 2. The molecule has 0 saturated carbocycles. The molecular weight excluding hydrogens is 192 g/mol. The van der Waals surface area contributed by atoms with Crippen LogP contribution in [0.5, 0.6) is 0 Å². The van der Waals surface area contributed by atoms with E-state index in [1.807, 2.05) is 26.0 Å². The minimum absolute atomic E-state index is 0.292. The Kier molecular flexibility index (Phi) is 2.38. The molecule has 0 bridgehead atoms. The molecule has 10 heavy (non-hydrogen) atoms. The molecule has 54 valence electrons. The lowest BCUT2D eigenvalue weighted by Crippen LogP contribution is -1.93. The fourth-order valence-corrected chi connectivity index (χ4v) is 0.866. The molecule has 1 rings (SSSR count). The molecule has 1 heterocycles. The molecular formula is C7H9BrN2. The second-order valence-corrected chi connectivity index (χ2v) is 3.59. The molecule has 0 aliphatic heterocycles. The van der Waals surface area contributed by atoms with Gasteiger partial charge in [-0.3, -0.25) is 0 Å². The van der Waals surface area contributed by atoms with Crippen molar-refractivity contribution in [3.05, 3.63) is 23.5 Å². The topological polar surface area (TPSA) is 25.8 Å². The van der Waals surface area contributed by atoms with Gasteiger partial charge < -0.3 is 0 Å². The van der Waals surface area contributed by atoms with Crippen LogP contribution in [0.1, 0.15) is 23.1 Å². The minimum atomic E-state index is 0.292. The number of hydrogen-bond donors (Lipinski definition) is 0. The van der Waals surface area contributed by atoms with Crippen LogP contribution in [0.4, 0.5) is 0 Å². The Hall–Kier alpha value is -0.440. The van der Waals surface area contributed by atoms with Crippen LogP contribution >= 0.6 is 15.9 Å². The molecule has 1 aromatic rings. The van der Waals surface area contributed by atoms with Crippen molar-refractivity contribution in [2.75, 3.05) is 0 Å². The van der Waals surface area contributed by atoms with Crippen molar-refractivity contribution in [3.63, 3.8) is 0 Å². The smallest absolute Gasteiger partial charge is 0.0764 e. The summed E-state index contributed by atoms with van der Waals surface area (Å²) in [4.78, 5) is 0.292. The fourth-order valence-electron chi connectivity index (χ4n) is 0.621. The molecule has 0 N–H and O–H groups in total. The highest BCUT2D eigenvalue weighted by molar-refractivity contribution is 9.09. The molecule has 0 fully saturated rings. The van der Waals surface area contributed by atoms with Gasteiger partial charge >= 0.3 is 0 Å². The highest BCUT2D eigenvalue weighted by Gasteiger charge is 2.00. The zero-order valence-electron chi connectivity index (χ0n) is 6.00. The average molecular weight is 201 g/mol. The Labute approximate surface area is 68.8 Å². The van der Waals surface area contributed by atoms with Gasteiger partial charge in [-0.15, -0.1) is 0 Å². The summed E-state index contributed by atoms with van der Waals surface area (Å²) >= 11 is 3.40. The van der Waals surface area contributed by atoms with Crippen molar-refractivity contribution < 1.29 is 0 Å². The molecule has 3 heteroatoms. The summed E-state index contributed by atoms with van der Waals surface area (Å²) in [5.41, 5.74) is 1.93. The molecule has 1 unspecified atom stereocenters. The normalized spacial score (nSPS) is 13.1. The van der Waals surface area contributed by atoms with Gasteiger partial charge in [0.2, 0.25) is 0 Å². The predicted molar refractivity (Wildman–Crippen MR) is 44.1 cm³/mol. The summed E-state index contributed by atoms with van der Waals surface area (Å²) < 4.78 is 0. The summed E-state index contributed by atoms with van der Waals surface area (Å²) in [5, 5.41) is 7.90. The van der Waals surface area contributed by atoms with Crippen molar-refractivity contribution in [2.24, 2.45) is 0 Å². The third-order valence-corrected chi connectivity index (χ3v) is 1.70. The van der Waals surface area contributed by atoms with Gasteiger partial charge in [-0.25, -0.2) is 0 Å². The first-order chi connectivity index (χ1) is 4.70.